The number of aryl methyl sites for hydroxylation is 1. The highest BCUT2D eigenvalue weighted by Gasteiger charge is 2.14. The largest absolute Gasteiger partial charge is 0.356 e. The van der Waals surface area contributed by atoms with Crippen LogP contribution in [0.2, 0.25) is 0 Å². The average molecular weight is 333 g/mol. The van der Waals surface area contributed by atoms with Gasteiger partial charge in [-0.15, -0.1) is 10.2 Å². The minimum atomic E-state index is 0.582. The predicted octanol–water partition coefficient (Wildman–Crippen LogP) is 2.74. The van der Waals surface area contributed by atoms with Crippen molar-refractivity contribution in [3.05, 3.63) is 47.4 Å². The molecule has 3 aromatic rings. The van der Waals surface area contributed by atoms with Gasteiger partial charge in [0.1, 0.15) is 5.82 Å². The lowest BCUT2D eigenvalue weighted by molar-refractivity contribution is 0.881. The van der Waals surface area contributed by atoms with Crippen LogP contribution in [0.4, 0.5) is 5.82 Å². The summed E-state index contributed by atoms with van der Waals surface area (Å²) >= 11 is 0. The molecule has 1 aliphatic heterocycles. The van der Waals surface area contributed by atoms with Gasteiger partial charge in [0.25, 0.3) is 0 Å². The van der Waals surface area contributed by atoms with Gasteiger partial charge in [0.05, 0.1) is 0 Å². The van der Waals surface area contributed by atoms with Crippen molar-refractivity contribution in [2.75, 3.05) is 18.0 Å². The average Bonchev–Trinajstić information content (AvgIpc) is 3.33. The van der Waals surface area contributed by atoms with Crippen molar-refractivity contribution >= 4 is 18.0 Å². The first kappa shape index (κ1) is 15.4. The highest BCUT2D eigenvalue weighted by molar-refractivity contribution is 5.70. The van der Waals surface area contributed by atoms with E-state index in [0.29, 0.717) is 5.82 Å². The minimum absolute atomic E-state index is 0.582. The number of aromatic amines is 1. The summed E-state index contributed by atoms with van der Waals surface area (Å²) in [6.07, 6.45) is 6.42. The normalized spacial score (nSPS) is 14.5. The van der Waals surface area contributed by atoms with Crippen molar-refractivity contribution in [1.82, 2.24) is 30.6 Å². The lowest BCUT2D eigenvalue weighted by atomic mass is 10.1. The van der Waals surface area contributed by atoms with E-state index in [2.05, 4.69) is 36.6 Å². The Morgan fingerprint density at radius 3 is 2.76 bits per heavy atom. The fraction of sp³-hybridized carbons (Fsp3) is 0.278. The van der Waals surface area contributed by atoms with E-state index in [9.17, 15) is 0 Å². The molecule has 25 heavy (non-hydrogen) atoms. The van der Waals surface area contributed by atoms with E-state index in [0.717, 1.165) is 41.6 Å². The maximum absolute atomic E-state index is 4.69. The summed E-state index contributed by atoms with van der Waals surface area (Å²) in [6.45, 7) is 4.16. The van der Waals surface area contributed by atoms with Crippen LogP contribution in [0.1, 0.15) is 29.9 Å². The Kier molecular flexibility index (Phi) is 4.20. The lowest BCUT2D eigenvalue weighted by Crippen LogP contribution is -2.19. The number of nitrogens with zero attached hydrogens (tertiary/aromatic N) is 6. The summed E-state index contributed by atoms with van der Waals surface area (Å²) < 4.78 is 0. The van der Waals surface area contributed by atoms with Gasteiger partial charge in [-0.2, -0.15) is 5.21 Å². The number of aromatic nitrogens is 6. The van der Waals surface area contributed by atoms with Crippen LogP contribution < -0.4 is 4.90 Å². The van der Waals surface area contributed by atoms with Crippen molar-refractivity contribution in [3.8, 4) is 11.4 Å². The van der Waals surface area contributed by atoms with Crippen LogP contribution in [0, 0.1) is 6.92 Å². The van der Waals surface area contributed by atoms with Gasteiger partial charge in [-0.25, -0.2) is 9.97 Å². The molecule has 1 N–H and O–H groups in total. The van der Waals surface area contributed by atoms with Gasteiger partial charge in [0, 0.05) is 30.4 Å². The first-order chi connectivity index (χ1) is 12.3. The van der Waals surface area contributed by atoms with Crippen molar-refractivity contribution in [2.24, 2.45) is 0 Å². The summed E-state index contributed by atoms with van der Waals surface area (Å²) in [6, 6.07) is 10.0. The second-order valence-corrected chi connectivity index (χ2v) is 6.11. The smallest absolute Gasteiger partial charge is 0.204 e. The van der Waals surface area contributed by atoms with E-state index < -0.39 is 0 Å². The van der Waals surface area contributed by atoms with Crippen molar-refractivity contribution in [3.63, 3.8) is 0 Å². The molecule has 4 rings (SSSR count). The molecule has 1 saturated heterocycles. The number of rotatable bonds is 4. The summed E-state index contributed by atoms with van der Waals surface area (Å²) in [7, 11) is 0. The third-order valence-electron chi connectivity index (χ3n) is 4.20. The molecule has 1 aromatic carbocycles. The van der Waals surface area contributed by atoms with Crippen LogP contribution in [0.25, 0.3) is 23.5 Å². The molecule has 1 fully saturated rings. The molecule has 0 radical (unpaired) electrons. The molecule has 7 nitrogen and oxygen atoms in total. The summed E-state index contributed by atoms with van der Waals surface area (Å²) in [5.74, 6) is 2.33. The van der Waals surface area contributed by atoms with Crippen molar-refractivity contribution < 1.29 is 0 Å². The van der Waals surface area contributed by atoms with Crippen LogP contribution in [0.3, 0.4) is 0 Å². The van der Waals surface area contributed by atoms with Gasteiger partial charge >= 0.3 is 0 Å². The van der Waals surface area contributed by atoms with Crippen LogP contribution in [-0.2, 0) is 0 Å². The molecule has 1 aliphatic rings. The third kappa shape index (κ3) is 3.55. The molecular weight excluding hydrogens is 314 g/mol. The van der Waals surface area contributed by atoms with Gasteiger partial charge in [0.2, 0.25) is 5.82 Å². The molecule has 0 unspecified atom stereocenters. The van der Waals surface area contributed by atoms with E-state index in [-0.39, 0.29) is 0 Å². The summed E-state index contributed by atoms with van der Waals surface area (Å²) in [5, 5.41) is 14.1. The number of hydrogen-bond donors (Lipinski definition) is 1. The monoisotopic (exact) mass is 333 g/mol. The molecule has 0 atom stereocenters. The van der Waals surface area contributed by atoms with E-state index >= 15 is 0 Å². The Morgan fingerprint density at radius 1 is 1.08 bits per heavy atom. The molecule has 0 saturated carbocycles. The second kappa shape index (κ2) is 6.80. The lowest BCUT2D eigenvalue weighted by Gasteiger charge is -2.16. The van der Waals surface area contributed by atoms with Gasteiger partial charge < -0.3 is 4.90 Å². The van der Waals surface area contributed by atoms with E-state index in [1.807, 2.05) is 43.3 Å². The second-order valence-electron chi connectivity index (χ2n) is 6.11. The Labute approximate surface area is 145 Å². The van der Waals surface area contributed by atoms with Crippen molar-refractivity contribution in [2.45, 2.75) is 19.8 Å². The Morgan fingerprint density at radius 2 is 1.96 bits per heavy atom. The van der Waals surface area contributed by atoms with Crippen LogP contribution in [-0.4, -0.2) is 43.7 Å². The van der Waals surface area contributed by atoms with Crippen LogP contribution in [0.15, 0.2) is 30.3 Å². The predicted molar refractivity (Wildman–Crippen MR) is 96.8 cm³/mol. The number of H-pyrrole nitrogens is 1. The zero-order chi connectivity index (χ0) is 17.1. The SMILES string of the molecule is Cc1cc(N2CCCC2)nc(C=Cc2cccc(-c3nn[nH]n3)c2)n1. The number of nitrogens with one attached hydrogen (secondary N) is 1. The summed E-state index contributed by atoms with van der Waals surface area (Å²) in [5.41, 5.74) is 2.94. The van der Waals surface area contributed by atoms with Crippen LogP contribution in [0.5, 0.6) is 0 Å². The molecular formula is C18H19N7. The number of tetrazole rings is 1. The van der Waals surface area contributed by atoms with E-state index in [1.54, 1.807) is 0 Å². The highest BCUT2D eigenvalue weighted by Crippen LogP contribution is 2.20. The summed E-state index contributed by atoms with van der Waals surface area (Å²) in [4.78, 5) is 11.5. The number of benzene rings is 1. The van der Waals surface area contributed by atoms with Crippen LogP contribution >= 0.6 is 0 Å². The standard InChI is InChI=1S/C18H19N7/c1-13-11-17(25-9-2-3-10-25)20-16(19-13)8-7-14-5-4-6-15(12-14)18-21-23-24-22-18/h4-8,11-12H,2-3,9-10H2,1H3,(H,21,22,23,24). The quantitative estimate of drug-likeness (QED) is 0.790. The zero-order valence-corrected chi connectivity index (χ0v) is 14.1. The molecule has 2 aromatic heterocycles. The Hall–Kier alpha value is -3.09. The van der Waals surface area contributed by atoms with Crippen molar-refractivity contribution in [1.29, 1.82) is 0 Å². The Bertz CT molecular complexity index is 880. The van der Waals surface area contributed by atoms with Gasteiger partial charge in [0.15, 0.2) is 5.82 Å². The molecule has 0 spiro atoms. The van der Waals surface area contributed by atoms with E-state index in [4.69, 9.17) is 4.98 Å². The third-order valence-corrected chi connectivity index (χ3v) is 4.20. The zero-order valence-electron chi connectivity index (χ0n) is 14.1. The molecule has 0 bridgehead atoms. The topological polar surface area (TPSA) is 83.5 Å². The first-order valence-corrected chi connectivity index (χ1v) is 8.40. The molecule has 0 amide bonds. The van der Waals surface area contributed by atoms with E-state index in [1.165, 1.54) is 12.8 Å². The molecule has 0 aliphatic carbocycles. The maximum atomic E-state index is 4.69. The Balaban J connectivity index is 1.58. The molecule has 126 valence electrons. The van der Waals surface area contributed by atoms with Gasteiger partial charge in [-0.1, -0.05) is 24.3 Å². The first-order valence-electron chi connectivity index (χ1n) is 8.40. The molecule has 7 heteroatoms. The fourth-order valence-corrected chi connectivity index (χ4v) is 2.99. The van der Waals surface area contributed by atoms with Gasteiger partial charge in [-0.05, 0) is 42.7 Å². The number of hydrogen-bond acceptors (Lipinski definition) is 6. The number of anilines is 1. The highest BCUT2D eigenvalue weighted by atomic mass is 15.5. The fourth-order valence-electron chi connectivity index (χ4n) is 2.99. The van der Waals surface area contributed by atoms with Gasteiger partial charge in [-0.3, -0.25) is 0 Å². The minimum Gasteiger partial charge on any atom is -0.356 e. The molecule has 3 heterocycles. The maximum Gasteiger partial charge on any atom is 0.204 e.